The third kappa shape index (κ3) is 3.32. The number of hydrogen-bond acceptors (Lipinski definition) is 5. The second kappa shape index (κ2) is 6.54. The Labute approximate surface area is 108 Å². The number of rotatable bonds is 5. The maximum Gasteiger partial charge on any atom is 0.218 e. The van der Waals surface area contributed by atoms with Gasteiger partial charge in [-0.2, -0.15) is 0 Å². The Balaban J connectivity index is 2.03. The lowest BCUT2D eigenvalue weighted by Crippen LogP contribution is -2.40. The van der Waals surface area contributed by atoms with Gasteiger partial charge >= 0.3 is 0 Å². The zero-order valence-electron chi connectivity index (χ0n) is 11.1. The van der Waals surface area contributed by atoms with Gasteiger partial charge in [-0.25, -0.2) is 9.97 Å². The van der Waals surface area contributed by atoms with Crippen molar-refractivity contribution >= 4 is 5.82 Å². The Hall–Kier alpha value is -1.36. The number of ether oxygens (including phenoxy) is 2. The van der Waals surface area contributed by atoms with Gasteiger partial charge in [-0.15, -0.1) is 0 Å². The second-order valence-electron chi connectivity index (χ2n) is 4.31. The SMILES string of the molecule is CCOc1cc(N2CCC[C@@H](OCC)C2)ncn1. The van der Waals surface area contributed by atoms with Gasteiger partial charge in [-0.05, 0) is 26.7 Å². The summed E-state index contributed by atoms with van der Waals surface area (Å²) in [6.07, 6.45) is 4.14. The Kier molecular flexibility index (Phi) is 4.75. The van der Waals surface area contributed by atoms with Crippen LogP contribution >= 0.6 is 0 Å². The molecule has 0 saturated carbocycles. The summed E-state index contributed by atoms with van der Waals surface area (Å²) in [7, 11) is 0. The lowest BCUT2D eigenvalue weighted by molar-refractivity contribution is 0.0525. The highest BCUT2D eigenvalue weighted by molar-refractivity contribution is 5.41. The summed E-state index contributed by atoms with van der Waals surface area (Å²) in [4.78, 5) is 10.7. The second-order valence-corrected chi connectivity index (χ2v) is 4.31. The van der Waals surface area contributed by atoms with Crippen LogP contribution < -0.4 is 9.64 Å². The molecule has 1 fully saturated rings. The Morgan fingerprint density at radius 3 is 3.00 bits per heavy atom. The van der Waals surface area contributed by atoms with Gasteiger partial charge in [-0.3, -0.25) is 0 Å². The molecule has 5 nitrogen and oxygen atoms in total. The van der Waals surface area contributed by atoms with Crippen LogP contribution in [0.2, 0.25) is 0 Å². The summed E-state index contributed by atoms with van der Waals surface area (Å²) in [5, 5.41) is 0. The summed E-state index contributed by atoms with van der Waals surface area (Å²) >= 11 is 0. The van der Waals surface area contributed by atoms with Gasteiger partial charge < -0.3 is 14.4 Å². The van der Waals surface area contributed by atoms with E-state index in [1.807, 2.05) is 19.9 Å². The van der Waals surface area contributed by atoms with Crippen molar-refractivity contribution in [2.75, 3.05) is 31.2 Å². The van der Waals surface area contributed by atoms with Crippen LogP contribution in [0.1, 0.15) is 26.7 Å². The fraction of sp³-hybridized carbons (Fsp3) is 0.692. The molecule has 1 aliphatic heterocycles. The Morgan fingerprint density at radius 1 is 1.33 bits per heavy atom. The molecule has 0 radical (unpaired) electrons. The van der Waals surface area contributed by atoms with Gasteiger partial charge in [0, 0.05) is 25.8 Å². The molecule has 1 aromatic heterocycles. The minimum absolute atomic E-state index is 0.314. The topological polar surface area (TPSA) is 47.5 Å². The smallest absolute Gasteiger partial charge is 0.218 e. The number of anilines is 1. The van der Waals surface area contributed by atoms with E-state index in [-0.39, 0.29) is 0 Å². The van der Waals surface area contributed by atoms with Gasteiger partial charge in [0.15, 0.2) is 0 Å². The van der Waals surface area contributed by atoms with Crippen LogP contribution in [0, 0.1) is 0 Å². The van der Waals surface area contributed by atoms with Crippen LogP contribution in [0.5, 0.6) is 5.88 Å². The molecule has 1 aromatic rings. The van der Waals surface area contributed by atoms with E-state index in [4.69, 9.17) is 9.47 Å². The molecule has 0 spiro atoms. The van der Waals surface area contributed by atoms with Crippen LogP contribution in [-0.4, -0.2) is 42.4 Å². The maximum atomic E-state index is 5.70. The van der Waals surface area contributed by atoms with Gasteiger partial charge in [0.1, 0.15) is 12.1 Å². The standard InChI is InChI=1S/C13H21N3O2/c1-3-17-11-6-5-7-16(9-11)12-8-13(18-4-2)15-10-14-12/h8,10-11H,3-7,9H2,1-2H3/t11-/m1/s1. The molecule has 0 N–H and O–H groups in total. The molecule has 18 heavy (non-hydrogen) atoms. The van der Waals surface area contributed by atoms with Crippen molar-refractivity contribution in [3.05, 3.63) is 12.4 Å². The number of aromatic nitrogens is 2. The minimum atomic E-state index is 0.314. The molecule has 0 aromatic carbocycles. The summed E-state index contributed by atoms with van der Waals surface area (Å²) < 4.78 is 11.1. The predicted octanol–water partition coefficient (Wildman–Crippen LogP) is 1.88. The molecule has 1 saturated heterocycles. The van der Waals surface area contributed by atoms with Gasteiger partial charge in [0.05, 0.1) is 12.7 Å². The van der Waals surface area contributed by atoms with Gasteiger partial charge in [-0.1, -0.05) is 0 Å². The third-order valence-corrected chi connectivity index (χ3v) is 3.02. The molecule has 0 unspecified atom stereocenters. The van der Waals surface area contributed by atoms with E-state index in [9.17, 15) is 0 Å². The van der Waals surface area contributed by atoms with E-state index < -0.39 is 0 Å². The quantitative estimate of drug-likeness (QED) is 0.799. The first-order valence-corrected chi connectivity index (χ1v) is 6.64. The molecule has 2 heterocycles. The average Bonchev–Trinajstić information content (AvgIpc) is 2.40. The molecule has 5 heteroatoms. The Bertz CT molecular complexity index is 371. The zero-order valence-corrected chi connectivity index (χ0v) is 11.1. The van der Waals surface area contributed by atoms with Crippen LogP contribution in [0.3, 0.4) is 0 Å². The van der Waals surface area contributed by atoms with E-state index in [0.717, 1.165) is 38.4 Å². The lowest BCUT2D eigenvalue weighted by atomic mass is 10.1. The van der Waals surface area contributed by atoms with Crippen molar-refractivity contribution in [3.63, 3.8) is 0 Å². The average molecular weight is 251 g/mol. The van der Waals surface area contributed by atoms with Crippen molar-refractivity contribution in [1.29, 1.82) is 0 Å². The van der Waals surface area contributed by atoms with Crippen molar-refractivity contribution in [1.82, 2.24) is 9.97 Å². The molecule has 100 valence electrons. The monoisotopic (exact) mass is 251 g/mol. The molecule has 0 bridgehead atoms. The molecular formula is C13H21N3O2. The van der Waals surface area contributed by atoms with Crippen molar-refractivity contribution < 1.29 is 9.47 Å². The molecular weight excluding hydrogens is 230 g/mol. The minimum Gasteiger partial charge on any atom is -0.478 e. The normalized spacial score (nSPS) is 19.9. The fourth-order valence-corrected chi connectivity index (χ4v) is 2.25. The van der Waals surface area contributed by atoms with Gasteiger partial charge in [0.2, 0.25) is 5.88 Å². The first-order valence-electron chi connectivity index (χ1n) is 6.64. The van der Waals surface area contributed by atoms with E-state index in [0.29, 0.717) is 18.6 Å². The van der Waals surface area contributed by atoms with Crippen LogP contribution in [0.15, 0.2) is 12.4 Å². The summed E-state index contributed by atoms with van der Waals surface area (Å²) in [5.74, 6) is 1.57. The first kappa shape index (κ1) is 13.1. The highest BCUT2D eigenvalue weighted by atomic mass is 16.5. The highest BCUT2D eigenvalue weighted by Gasteiger charge is 2.21. The van der Waals surface area contributed by atoms with Crippen molar-refractivity contribution in [2.24, 2.45) is 0 Å². The van der Waals surface area contributed by atoms with E-state index in [1.165, 1.54) is 0 Å². The van der Waals surface area contributed by atoms with Crippen molar-refractivity contribution in [2.45, 2.75) is 32.8 Å². The molecule has 1 aliphatic rings. The lowest BCUT2D eigenvalue weighted by Gasteiger charge is -2.33. The summed E-state index contributed by atoms with van der Waals surface area (Å²) in [5.41, 5.74) is 0. The maximum absolute atomic E-state index is 5.70. The molecule has 0 aliphatic carbocycles. The predicted molar refractivity (Wildman–Crippen MR) is 70.1 cm³/mol. The third-order valence-electron chi connectivity index (χ3n) is 3.02. The fourth-order valence-electron chi connectivity index (χ4n) is 2.25. The largest absolute Gasteiger partial charge is 0.478 e. The molecule has 1 atom stereocenters. The zero-order chi connectivity index (χ0) is 12.8. The Morgan fingerprint density at radius 2 is 2.22 bits per heavy atom. The molecule has 0 amide bonds. The first-order chi connectivity index (χ1) is 8.83. The van der Waals surface area contributed by atoms with E-state index >= 15 is 0 Å². The van der Waals surface area contributed by atoms with E-state index in [2.05, 4.69) is 14.9 Å². The number of hydrogen-bond donors (Lipinski definition) is 0. The van der Waals surface area contributed by atoms with Crippen LogP contribution in [0.4, 0.5) is 5.82 Å². The van der Waals surface area contributed by atoms with Crippen molar-refractivity contribution in [3.8, 4) is 5.88 Å². The highest BCUT2D eigenvalue weighted by Crippen LogP contribution is 2.21. The van der Waals surface area contributed by atoms with Crippen LogP contribution in [0.25, 0.3) is 0 Å². The van der Waals surface area contributed by atoms with E-state index in [1.54, 1.807) is 6.33 Å². The summed E-state index contributed by atoms with van der Waals surface area (Å²) in [6.45, 7) is 7.30. The van der Waals surface area contributed by atoms with Gasteiger partial charge in [0.25, 0.3) is 0 Å². The summed E-state index contributed by atoms with van der Waals surface area (Å²) in [6, 6.07) is 1.90. The van der Waals surface area contributed by atoms with Crippen LogP contribution in [-0.2, 0) is 4.74 Å². The molecule has 2 rings (SSSR count). The number of nitrogens with zero attached hydrogens (tertiary/aromatic N) is 3. The number of piperidine rings is 1.